The van der Waals surface area contributed by atoms with E-state index < -0.39 is 97.5 Å². The number of esters is 4. The van der Waals surface area contributed by atoms with Crippen LogP contribution in [0.3, 0.4) is 0 Å². The number of phosphoric ester groups is 2. The molecule has 570 valence electrons. The zero-order valence-corrected chi connectivity index (χ0v) is 64.5. The van der Waals surface area contributed by atoms with Crippen LogP contribution in [0.1, 0.15) is 401 Å². The van der Waals surface area contributed by atoms with Crippen molar-refractivity contribution in [1.29, 1.82) is 0 Å². The molecule has 0 aliphatic heterocycles. The molecule has 5 atom stereocenters. The van der Waals surface area contributed by atoms with Crippen molar-refractivity contribution in [3.8, 4) is 0 Å². The number of unbranched alkanes of at least 4 members (excludes halogenated alkanes) is 46. The second-order valence-corrected chi connectivity index (χ2v) is 31.6. The van der Waals surface area contributed by atoms with Crippen molar-refractivity contribution >= 4 is 39.5 Å². The lowest BCUT2D eigenvalue weighted by Crippen LogP contribution is -2.30. The molecule has 0 aromatic heterocycles. The molecular formula is C77H150O17P2. The van der Waals surface area contributed by atoms with E-state index in [4.69, 9.17) is 37.0 Å². The Labute approximate surface area is 588 Å². The van der Waals surface area contributed by atoms with Crippen LogP contribution in [0.4, 0.5) is 0 Å². The van der Waals surface area contributed by atoms with E-state index in [0.29, 0.717) is 31.6 Å². The highest BCUT2D eigenvalue weighted by atomic mass is 31.2. The van der Waals surface area contributed by atoms with Crippen molar-refractivity contribution < 1.29 is 80.2 Å². The number of aliphatic hydroxyl groups is 1. The Morgan fingerprint density at radius 2 is 0.479 bits per heavy atom. The fourth-order valence-electron chi connectivity index (χ4n) is 11.8. The van der Waals surface area contributed by atoms with Gasteiger partial charge >= 0.3 is 39.5 Å². The number of hydrogen-bond donors (Lipinski definition) is 3. The second-order valence-electron chi connectivity index (χ2n) is 28.7. The van der Waals surface area contributed by atoms with Crippen LogP contribution in [0, 0.1) is 11.8 Å². The standard InChI is InChI=1S/C77H150O17P2/c1-7-9-11-13-14-15-16-17-18-19-20-21-25-28-31-34-37-42-48-54-60-75(80)88-66-73(94-76(81)61-55-49-43-38-35-32-29-26-23-22-24-27-30-33-36-40-46-51-57-69(3)4)68-92-96(85,86)90-64-71(78)63-89-95(83,84)91-67-72(65-87-74(79)59-53-45-12-10-8-2)93-77(82)62-56-50-44-39-41-47-52-58-70(5)6/h69-73,78H,7-68H2,1-6H3,(H,83,84)(H,85,86)/t71-,72+,73+/m0/s1. The molecule has 0 aliphatic rings. The Balaban J connectivity index is 5.10. The van der Waals surface area contributed by atoms with Gasteiger partial charge in [-0.15, -0.1) is 0 Å². The highest BCUT2D eigenvalue weighted by Gasteiger charge is 2.30. The van der Waals surface area contributed by atoms with Gasteiger partial charge in [-0.05, 0) is 37.5 Å². The maximum atomic E-state index is 13.1. The molecule has 0 aliphatic carbocycles. The summed E-state index contributed by atoms with van der Waals surface area (Å²) in [5.74, 6) is -0.614. The predicted molar refractivity (Wildman–Crippen MR) is 391 cm³/mol. The van der Waals surface area contributed by atoms with Gasteiger partial charge in [0.2, 0.25) is 0 Å². The van der Waals surface area contributed by atoms with Gasteiger partial charge in [0.1, 0.15) is 19.3 Å². The number of carbonyl (C=O) groups is 4. The van der Waals surface area contributed by atoms with E-state index in [2.05, 4.69) is 41.5 Å². The molecule has 0 bridgehead atoms. The van der Waals surface area contributed by atoms with Crippen molar-refractivity contribution in [1.82, 2.24) is 0 Å². The summed E-state index contributed by atoms with van der Waals surface area (Å²) in [4.78, 5) is 72.5. The van der Waals surface area contributed by atoms with Crippen molar-refractivity contribution in [2.24, 2.45) is 11.8 Å². The summed E-state index contributed by atoms with van der Waals surface area (Å²) < 4.78 is 68.2. The molecule has 0 aromatic carbocycles. The first-order valence-corrected chi connectivity index (χ1v) is 43.0. The van der Waals surface area contributed by atoms with Crippen LogP contribution in [0.15, 0.2) is 0 Å². The molecule has 0 rings (SSSR count). The molecular weight excluding hydrogens is 1260 g/mol. The van der Waals surface area contributed by atoms with Gasteiger partial charge in [0.05, 0.1) is 26.4 Å². The first-order chi connectivity index (χ1) is 46.4. The van der Waals surface area contributed by atoms with Crippen LogP contribution in [0.5, 0.6) is 0 Å². The maximum Gasteiger partial charge on any atom is 0.472 e. The number of carbonyl (C=O) groups excluding carboxylic acids is 4. The Hall–Kier alpha value is -1.94. The fraction of sp³-hybridized carbons (Fsp3) is 0.948. The Morgan fingerprint density at radius 1 is 0.281 bits per heavy atom. The Bertz CT molecular complexity index is 1860. The fourth-order valence-corrected chi connectivity index (χ4v) is 13.4. The Kier molecular flexibility index (Phi) is 67.4. The minimum absolute atomic E-state index is 0.103. The molecule has 0 aromatic rings. The molecule has 0 saturated carbocycles. The van der Waals surface area contributed by atoms with Gasteiger partial charge in [0, 0.05) is 25.7 Å². The minimum atomic E-state index is -4.96. The smallest absolute Gasteiger partial charge is 0.462 e. The summed E-state index contributed by atoms with van der Waals surface area (Å²) in [5, 5.41) is 10.6. The lowest BCUT2D eigenvalue weighted by Gasteiger charge is -2.21. The van der Waals surface area contributed by atoms with Crippen molar-refractivity contribution in [3.63, 3.8) is 0 Å². The summed E-state index contributed by atoms with van der Waals surface area (Å²) in [5.41, 5.74) is 0. The summed E-state index contributed by atoms with van der Waals surface area (Å²) in [7, 11) is -9.90. The molecule has 0 radical (unpaired) electrons. The van der Waals surface area contributed by atoms with Gasteiger partial charge in [0.25, 0.3) is 0 Å². The highest BCUT2D eigenvalue weighted by Crippen LogP contribution is 2.45. The van der Waals surface area contributed by atoms with E-state index in [1.54, 1.807) is 0 Å². The summed E-state index contributed by atoms with van der Waals surface area (Å²) in [6, 6.07) is 0. The minimum Gasteiger partial charge on any atom is -0.462 e. The first kappa shape index (κ1) is 94.1. The summed E-state index contributed by atoms with van der Waals surface area (Å²) in [6.07, 6.45) is 57.7. The third-order valence-corrected chi connectivity index (χ3v) is 19.9. The molecule has 0 saturated heterocycles. The summed E-state index contributed by atoms with van der Waals surface area (Å²) >= 11 is 0. The van der Waals surface area contributed by atoms with Crippen LogP contribution >= 0.6 is 15.6 Å². The molecule has 3 N–H and O–H groups in total. The molecule has 0 spiro atoms. The van der Waals surface area contributed by atoms with Crippen molar-refractivity contribution in [3.05, 3.63) is 0 Å². The van der Waals surface area contributed by atoms with Crippen LogP contribution in [0.25, 0.3) is 0 Å². The number of ether oxygens (including phenoxy) is 4. The third kappa shape index (κ3) is 70.5. The zero-order valence-electron chi connectivity index (χ0n) is 62.7. The third-order valence-electron chi connectivity index (χ3n) is 18.0. The van der Waals surface area contributed by atoms with Gasteiger partial charge in [-0.25, -0.2) is 9.13 Å². The normalized spacial score (nSPS) is 14.0. The summed E-state index contributed by atoms with van der Waals surface area (Å²) in [6.45, 7) is 9.47. The van der Waals surface area contributed by atoms with Crippen molar-refractivity contribution in [2.45, 2.75) is 419 Å². The lowest BCUT2D eigenvalue weighted by molar-refractivity contribution is -0.161. The average molecular weight is 1410 g/mol. The predicted octanol–water partition coefficient (Wildman–Crippen LogP) is 22.7. The molecule has 19 heteroatoms. The van der Waals surface area contributed by atoms with Gasteiger partial charge < -0.3 is 33.8 Å². The van der Waals surface area contributed by atoms with Gasteiger partial charge in [-0.1, -0.05) is 350 Å². The van der Waals surface area contributed by atoms with E-state index >= 15 is 0 Å². The number of rotatable bonds is 76. The molecule has 96 heavy (non-hydrogen) atoms. The average Bonchev–Trinajstić information content (AvgIpc) is 1.72. The highest BCUT2D eigenvalue weighted by molar-refractivity contribution is 7.47. The molecule has 0 fully saturated rings. The molecule has 2 unspecified atom stereocenters. The number of aliphatic hydroxyl groups excluding tert-OH is 1. The topological polar surface area (TPSA) is 237 Å². The van der Waals surface area contributed by atoms with Gasteiger partial charge in [0.15, 0.2) is 12.2 Å². The van der Waals surface area contributed by atoms with Crippen LogP contribution in [-0.2, 0) is 65.4 Å². The van der Waals surface area contributed by atoms with Gasteiger partial charge in [-0.2, -0.15) is 0 Å². The second kappa shape index (κ2) is 68.8. The van der Waals surface area contributed by atoms with Crippen LogP contribution in [-0.4, -0.2) is 96.7 Å². The van der Waals surface area contributed by atoms with Gasteiger partial charge in [-0.3, -0.25) is 37.3 Å². The van der Waals surface area contributed by atoms with E-state index in [1.807, 2.05) is 0 Å². The number of hydrogen-bond acceptors (Lipinski definition) is 15. The van der Waals surface area contributed by atoms with Crippen molar-refractivity contribution in [2.75, 3.05) is 39.6 Å². The molecule has 0 amide bonds. The Morgan fingerprint density at radius 3 is 0.708 bits per heavy atom. The van der Waals surface area contributed by atoms with Crippen LogP contribution < -0.4 is 0 Å². The van der Waals surface area contributed by atoms with E-state index in [1.165, 1.54) is 212 Å². The van der Waals surface area contributed by atoms with E-state index in [9.17, 15) is 43.2 Å². The lowest BCUT2D eigenvalue weighted by atomic mass is 10.0. The van der Waals surface area contributed by atoms with E-state index in [0.717, 1.165) is 102 Å². The molecule has 17 nitrogen and oxygen atoms in total. The zero-order chi connectivity index (χ0) is 70.7. The quantitative estimate of drug-likeness (QED) is 0.0222. The SMILES string of the molecule is CCCCCCCCCCCCCCCCCCCCCCC(=O)OC[C@H](COP(=O)(O)OC[C@@H](O)COP(=O)(O)OC[C@@H](COC(=O)CCCCCCC)OC(=O)CCCCCCCCCC(C)C)OC(=O)CCCCCCCCCCCCCCCCCCCCC(C)C. The maximum absolute atomic E-state index is 13.1. The van der Waals surface area contributed by atoms with E-state index in [-0.39, 0.29) is 25.7 Å². The first-order valence-electron chi connectivity index (χ1n) is 40.0. The largest absolute Gasteiger partial charge is 0.472 e. The monoisotopic (exact) mass is 1410 g/mol. The van der Waals surface area contributed by atoms with Crippen LogP contribution in [0.2, 0.25) is 0 Å². The number of phosphoric acid groups is 2. The molecule has 0 heterocycles.